The Morgan fingerprint density at radius 2 is 1.75 bits per heavy atom. The molecule has 6 aromatic rings. The number of aryl methyl sites for hydroxylation is 1. The maximum Gasteiger partial charge on any atom is 0.288 e. The van der Waals surface area contributed by atoms with Gasteiger partial charge in [-0.3, -0.25) is 14.3 Å². The summed E-state index contributed by atoms with van der Waals surface area (Å²) >= 11 is 0. The van der Waals surface area contributed by atoms with Gasteiger partial charge < -0.3 is 20.7 Å². The quantitative estimate of drug-likeness (QED) is 0.242. The molecule has 4 N–H and O–H groups in total. The standard InChI is InChI=1S/C32H31N9O3/c1-20-36-31-39(16-21-7-5-4-6-8-21)18-27(30(43)41(31)38-20)29(42)37-25-11-9-22(10-12-25)26-13-23(14-34-28(26)33)24-15-35-40(17-24)19-32(2,3)44/h4-15,17-18,44H,16,19H2,1-3H3,(H2,33,34)(H,37,42). The molecule has 222 valence electrons. The van der Waals surface area contributed by atoms with E-state index < -0.39 is 17.1 Å². The zero-order valence-corrected chi connectivity index (χ0v) is 24.5. The molecule has 0 saturated carbocycles. The molecule has 0 saturated heterocycles. The van der Waals surface area contributed by atoms with Crippen molar-refractivity contribution in [1.82, 2.24) is 33.9 Å². The molecule has 0 bridgehead atoms. The van der Waals surface area contributed by atoms with Crippen LogP contribution in [0.25, 0.3) is 28.0 Å². The summed E-state index contributed by atoms with van der Waals surface area (Å²) in [5.74, 6) is 0.573. The molecule has 0 fully saturated rings. The van der Waals surface area contributed by atoms with Crippen molar-refractivity contribution in [3.8, 4) is 22.3 Å². The summed E-state index contributed by atoms with van der Waals surface area (Å²) in [5, 5.41) is 21.5. The number of aromatic nitrogens is 7. The van der Waals surface area contributed by atoms with Crippen LogP contribution in [0.2, 0.25) is 0 Å². The maximum atomic E-state index is 13.3. The van der Waals surface area contributed by atoms with E-state index in [9.17, 15) is 14.7 Å². The van der Waals surface area contributed by atoms with E-state index >= 15 is 0 Å². The third kappa shape index (κ3) is 5.96. The number of fused-ring (bicyclic) bond motifs is 1. The van der Waals surface area contributed by atoms with Gasteiger partial charge >= 0.3 is 0 Å². The van der Waals surface area contributed by atoms with Crippen molar-refractivity contribution in [2.45, 2.75) is 39.5 Å². The molecule has 0 atom stereocenters. The predicted molar refractivity (Wildman–Crippen MR) is 167 cm³/mol. The number of carbonyl (C=O) groups is 1. The van der Waals surface area contributed by atoms with Crippen LogP contribution in [-0.4, -0.2) is 50.5 Å². The summed E-state index contributed by atoms with van der Waals surface area (Å²) in [7, 11) is 0. The Hall–Kier alpha value is -5.62. The summed E-state index contributed by atoms with van der Waals surface area (Å²) in [6.07, 6.45) is 6.76. The van der Waals surface area contributed by atoms with Crippen LogP contribution in [0, 0.1) is 6.92 Å². The van der Waals surface area contributed by atoms with E-state index in [0.717, 1.165) is 26.8 Å². The summed E-state index contributed by atoms with van der Waals surface area (Å²) < 4.78 is 4.58. The highest BCUT2D eigenvalue weighted by molar-refractivity contribution is 6.04. The van der Waals surface area contributed by atoms with Crippen molar-refractivity contribution in [3.63, 3.8) is 0 Å². The fraction of sp³-hybridized carbons (Fsp3) is 0.188. The molecule has 6 rings (SSSR count). The second kappa shape index (κ2) is 11.2. The second-order valence-electron chi connectivity index (χ2n) is 11.3. The van der Waals surface area contributed by atoms with Gasteiger partial charge in [0.05, 0.1) is 24.9 Å². The summed E-state index contributed by atoms with van der Waals surface area (Å²) in [5.41, 5.74) is 9.37. The lowest BCUT2D eigenvalue weighted by Gasteiger charge is -2.16. The molecule has 0 aliphatic rings. The van der Waals surface area contributed by atoms with Crippen LogP contribution >= 0.6 is 0 Å². The molecule has 44 heavy (non-hydrogen) atoms. The molecule has 4 aromatic heterocycles. The number of nitrogen functional groups attached to an aromatic ring is 1. The smallest absolute Gasteiger partial charge is 0.288 e. The first-order valence-electron chi connectivity index (χ1n) is 14.0. The van der Waals surface area contributed by atoms with Gasteiger partial charge in [-0.1, -0.05) is 42.5 Å². The first-order chi connectivity index (χ1) is 21.0. The highest BCUT2D eigenvalue weighted by Crippen LogP contribution is 2.30. The van der Waals surface area contributed by atoms with Gasteiger partial charge in [0, 0.05) is 41.0 Å². The Bertz CT molecular complexity index is 2040. The largest absolute Gasteiger partial charge is 0.389 e. The highest BCUT2D eigenvalue weighted by Gasteiger charge is 2.19. The Morgan fingerprint density at radius 1 is 1.00 bits per heavy atom. The topological polar surface area (TPSA) is 158 Å². The molecule has 0 spiro atoms. The number of rotatable bonds is 8. The molecule has 1 amide bonds. The van der Waals surface area contributed by atoms with Gasteiger partial charge in [0.1, 0.15) is 17.2 Å². The van der Waals surface area contributed by atoms with Crippen LogP contribution in [0.5, 0.6) is 0 Å². The zero-order valence-electron chi connectivity index (χ0n) is 24.5. The normalized spacial score (nSPS) is 11.6. The van der Waals surface area contributed by atoms with E-state index in [-0.39, 0.29) is 5.56 Å². The van der Waals surface area contributed by atoms with E-state index in [2.05, 4.69) is 25.5 Å². The molecule has 0 aliphatic carbocycles. The lowest BCUT2D eigenvalue weighted by Crippen LogP contribution is -2.29. The number of nitrogens with two attached hydrogens (primary N) is 1. The first-order valence-corrected chi connectivity index (χ1v) is 14.0. The number of nitrogens with zero attached hydrogens (tertiary/aromatic N) is 7. The maximum absolute atomic E-state index is 13.3. The van der Waals surface area contributed by atoms with Crippen LogP contribution in [-0.2, 0) is 13.1 Å². The van der Waals surface area contributed by atoms with Crippen LogP contribution in [0.15, 0.2) is 90.2 Å². The zero-order chi connectivity index (χ0) is 31.0. The van der Waals surface area contributed by atoms with Gasteiger partial charge in [-0.2, -0.15) is 14.6 Å². The number of nitrogens with one attached hydrogen (secondary N) is 1. The minimum Gasteiger partial charge on any atom is -0.389 e. The van der Waals surface area contributed by atoms with Gasteiger partial charge in [0.15, 0.2) is 0 Å². The first kappa shape index (κ1) is 28.5. The molecule has 12 nitrogen and oxygen atoms in total. The third-order valence-electron chi connectivity index (χ3n) is 6.99. The third-order valence-corrected chi connectivity index (χ3v) is 6.99. The summed E-state index contributed by atoms with van der Waals surface area (Å²) in [6, 6.07) is 18.7. The van der Waals surface area contributed by atoms with Gasteiger partial charge in [-0.25, -0.2) is 4.98 Å². The molecule has 0 unspecified atom stereocenters. The molecular formula is C32H31N9O3. The molecule has 4 heterocycles. The van der Waals surface area contributed by atoms with Gasteiger partial charge in [0.2, 0.25) is 5.78 Å². The number of hydrogen-bond donors (Lipinski definition) is 3. The van der Waals surface area contributed by atoms with E-state index in [0.29, 0.717) is 41.8 Å². The highest BCUT2D eigenvalue weighted by atomic mass is 16.3. The number of pyridine rings is 1. The Labute approximate surface area is 252 Å². The van der Waals surface area contributed by atoms with E-state index in [1.807, 2.05) is 54.7 Å². The number of anilines is 2. The number of hydrogen-bond acceptors (Lipinski definition) is 8. The van der Waals surface area contributed by atoms with Crippen molar-refractivity contribution in [1.29, 1.82) is 0 Å². The van der Waals surface area contributed by atoms with Gasteiger partial charge in [-0.05, 0) is 50.1 Å². The molecule has 2 aromatic carbocycles. The SMILES string of the molecule is Cc1nc2n(Cc3ccccc3)cc(C(=O)Nc3ccc(-c4cc(-c5cnn(CC(C)(C)O)c5)cnc4N)cc3)c(=O)n2n1. The van der Waals surface area contributed by atoms with Crippen LogP contribution in [0.1, 0.15) is 35.6 Å². The summed E-state index contributed by atoms with van der Waals surface area (Å²) in [4.78, 5) is 35.3. The monoisotopic (exact) mass is 589 g/mol. The molecule has 0 aliphatic heterocycles. The lowest BCUT2D eigenvalue weighted by molar-refractivity contribution is 0.0577. The fourth-order valence-corrected chi connectivity index (χ4v) is 4.95. The van der Waals surface area contributed by atoms with Gasteiger partial charge in [-0.15, -0.1) is 5.10 Å². The van der Waals surface area contributed by atoms with Crippen molar-refractivity contribution >= 4 is 23.2 Å². The average molecular weight is 590 g/mol. The summed E-state index contributed by atoms with van der Waals surface area (Å²) in [6.45, 7) is 5.90. The Morgan fingerprint density at radius 3 is 2.48 bits per heavy atom. The van der Waals surface area contributed by atoms with Crippen molar-refractivity contribution in [2.24, 2.45) is 0 Å². The van der Waals surface area contributed by atoms with Crippen LogP contribution in [0.4, 0.5) is 11.5 Å². The number of carbonyl (C=O) groups excluding carboxylic acids is 1. The van der Waals surface area contributed by atoms with Crippen molar-refractivity contribution in [2.75, 3.05) is 11.1 Å². The molecular weight excluding hydrogens is 558 g/mol. The molecule has 12 heteroatoms. The lowest BCUT2D eigenvalue weighted by atomic mass is 10.0. The number of amides is 1. The Balaban J connectivity index is 1.25. The number of benzene rings is 2. The van der Waals surface area contributed by atoms with E-state index in [1.165, 1.54) is 6.20 Å². The van der Waals surface area contributed by atoms with Crippen molar-refractivity contribution < 1.29 is 9.90 Å². The number of aliphatic hydroxyl groups is 1. The fourth-order valence-electron chi connectivity index (χ4n) is 4.95. The van der Waals surface area contributed by atoms with Gasteiger partial charge in [0.25, 0.3) is 11.5 Å². The average Bonchev–Trinajstić information content (AvgIpc) is 3.61. The predicted octanol–water partition coefficient (Wildman–Crippen LogP) is 3.78. The van der Waals surface area contributed by atoms with Crippen LogP contribution < -0.4 is 16.6 Å². The minimum atomic E-state index is -0.897. The minimum absolute atomic E-state index is 0.0614. The van der Waals surface area contributed by atoms with E-state index in [1.54, 1.807) is 54.5 Å². The molecule has 0 radical (unpaired) electrons. The Kier molecular flexibility index (Phi) is 7.27. The van der Waals surface area contributed by atoms with Crippen LogP contribution in [0.3, 0.4) is 0 Å². The van der Waals surface area contributed by atoms with E-state index in [4.69, 9.17) is 5.73 Å². The van der Waals surface area contributed by atoms with Crippen molar-refractivity contribution in [3.05, 3.63) is 113 Å². The second-order valence-corrected chi connectivity index (χ2v) is 11.3.